The van der Waals surface area contributed by atoms with Gasteiger partial charge in [0.2, 0.25) is 0 Å². The summed E-state index contributed by atoms with van der Waals surface area (Å²) in [4.78, 5) is 17.7. The summed E-state index contributed by atoms with van der Waals surface area (Å²) in [5.74, 6) is 0.183. The van der Waals surface area contributed by atoms with Crippen molar-refractivity contribution >= 4 is 5.91 Å². The number of aryl methyl sites for hydroxylation is 1. The third-order valence-corrected chi connectivity index (χ3v) is 7.76. The summed E-state index contributed by atoms with van der Waals surface area (Å²) in [5, 5.41) is 0. The van der Waals surface area contributed by atoms with Crippen LogP contribution in [0.25, 0.3) is 0 Å². The zero-order valence-corrected chi connectivity index (χ0v) is 17.6. The average molecular weight is 392 g/mol. The van der Waals surface area contributed by atoms with Gasteiger partial charge in [0, 0.05) is 50.4 Å². The number of piperidine rings is 1. The van der Waals surface area contributed by atoms with Crippen LogP contribution in [0.5, 0.6) is 0 Å². The lowest BCUT2D eigenvalue weighted by atomic mass is 9.60. The Morgan fingerprint density at radius 3 is 2.34 bits per heavy atom. The maximum atomic E-state index is 12.9. The molecule has 1 aromatic heterocycles. The molecular formula is C25H33N3O. The molecule has 154 valence electrons. The lowest BCUT2D eigenvalue weighted by molar-refractivity contribution is -0.132. The summed E-state index contributed by atoms with van der Waals surface area (Å²) in [6, 6.07) is 16.3. The summed E-state index contributed by atoms with van der Waals surface area (Å²) in [5.41, 5.74) is 2.80. The molecule has 0 radical (unpaired) electrons. The van der Waals surface area contributed by atoms with Gasteiger partial charge in [0.1, 0.15) is 5.69 Å². The normalized spacial score (nSPS) is 25.1. The van der Waals surface area contributed by atoms with Gasteiger partial charge in [-0.05, 0) is 43.4 Å². The van der Waals surface area contributed by atoms with E-state index in [1.54, 1.807) is 0 Å². The minimum absolute atomic E-state index is 0.183. The molecule has 0 bridgehead atoms. The largest absolute Gasteiger partial charge is 0.347 e. The second-order valence-corrected chi connectivity index (χ2v) is 9.44. The molecule has 3 heterocycles. The molecule has 2 aromatic rings. The van der Waals surface area contributed by atoms with Crippen molar-refractivity contribution in [3.8, 4) is 0 Å². The topological polar surface area (TPSA) is 28.5 Å². The molecule has 5 rings (SSSR count). The van der Waals surface area contributed by atoms with E-state index in [1.807, 2.05) is 29.9 Å². The van der Waals surface area contributed by atoms with Gasteiger partial charge in [-0.2, -0.15) is 0 Å². The smallest absolute Gasteiger partial charge is 0.270 e. The molecule has 1 saturated carbocycles. The van der Waals surface area contributed by atoms with E-state index in [2.05, 4.69) is 40.1 Å². The van der Waals surface area contributed by atoms with Gasteiger partial charge in [-0.15, -0.1) is 0 Å². The third-order valence-electron chi connectivity index (χ3n) is 7.76. The molecule has 1 aliphatic carbocycles. The van der Waals surface area contributed by atoms with E-state index in [0.29, 0.717) is 17.5 Å². The lowest BCUT2D eigenvalue weighted by Gasteiger charge is -2.63. The van der Waals surface area contributed by atoms with E-state index in [-0.39, 0.29) is 5.91 Å². The zero-order chi connectivity index (χ0) is 19.8. The number of benzene rings is 1. The molecule has 2 aliphatic heterocycles. The molecule has 4 nitrogen and oxygen atoms in total. The third kappa shape index (κ3) is 3.31. The molecule has 3 aliphatic rings. The number of carbonyl (C=O) groups is 1. The molecule has 1 atom stereocenters. The highest BCUT2D eigenvalue weighted by Crippen LogP contribution is 2.58. The Hall–Kier alpha value is -2.07. The fourth-order valence-electron chi connectivity index (χ4n) is 6.23. The van der Waals surface area contributed by atoms with Crippen molar-refractivity contribution in [1.29, 1.82) is 0 Å². The zero-order valence-electron chi connectivity index (χ0n) is 17.6. The predicted octanol–water partition coefficient (Wildman–Crippen LogP) is 4.64. The van der Waals surface area contributed by atoms with Crippen LogP contribution in [-0.4, -0.2) is 46.0 Å². The highest BCUT2D eigenvalue weighted by molar-refractivity contribution is 5.92. The van der Waals surface area contributed by atoms with Crippen LogP contribution in [0, 0.1) is 5.41 Å². The number of hydrogen-bond acceptors (Lipinski definition) is 2. The Labute approximate surface area is 174 Å². The average Bonchev–Trinajstić information content (AvgIpc) is 3.19. The number of nitrogens with zero attached hydrogens (tertiary/aromatic N) is 3. The molecule has 4 heteroatoms. The predicted molar refractivity (Wildman–Crippen MR) is 116 cm³/mol. The summed E-state index contributed by atoms with van der Waals surface area (Å²) in [7, 11) is 1.95. The first-order chi connectivity index (χ1) is 14.2. The molecule has 1 amide bonds. The van der Waals surface area contributed by atoms with Gasteiger partial charge in [-0.1, -0.05) is 49.6 Å². The van der Waals surface area contributed by atoms with Gasteiger partial charge in [0.25, 0.3) is 5.91 Å². The van der Waals surface area contributed by atoms with Crippen LogP contribution >= 0.6 is 0 Å². The van der Waals surface area contributed by atoms with Crippen molar-refractivity contribution in [3.05, 3.63) is 59.9 Å². The second-order valence-electron chi connectivity index (χ2n) is 9.44. The van der Waals surface area contributed by atoms with E-state index >= 15 is 0 Å². The molecule has 2 saturated heterocycles. The van der Waals surface area contributed by atoms with Crippen LogP contribution in [0.4, 0.5) is 0 Å². The SMILES string of the molecule is Cn1cccc1C(=O)N1CCC(N2CC3(CCCCC3)C2c2ccccc2)CC1. The fraction of sp³-hybridized carbons (Fsp3) is 0.560. The molecule has 0 N–H and O–H groups in total. The van der Waals surface area contributed by atoms with Crippen LogP contribution in [0.3, 0.4) is 0 Å². The first-order valence-corrected chi connectivity index (χ1v) is 11.4. The van der Waals surface area contributed by atoms with Crippen molar-refractivity contribution < 1.29 is 4.79 Å². The maximum absolute atomic E-state index is 12.9. The summed E-state index contributed by atoms with van der Waals surface area (Å²) in [6.45, 7) is 3.00. The van der Waals surface area contributed by atoms with Gasteiger partial charge in [0.05, 0.1) is 0 Å². The number of aromatic nitrogens is 1. The van der Waals surface area contributed by atoms with Gasteiger partial charge in [-0.25, -0.2) is 0 Å². The van der Waals surface area contributed by atoms with Crippen LogP contribution in [0.15, 0.2) is 48.7 Å². The molecule has 29 heavy (non-hydrogen) atoms. The monoisotopic (exact) mass is 391 g/mol. The minimum atomic E-state index is 0.183. The number of likely N-dealkylation sites (tertiary alicyclic amines) is 2. The quantitative estimate of drug-likeness (QED) is 0.763. The van der Waals surface area contributed by atoms with Gasteiger partial charge < -0.3 is 9.47 Å². The van der Waals surface area contributed by atoms with E-state index in [9.17, 15) is 4.79 Å². The van der Waals surface area contributed by atoms with Crippen molar-refractivity contribution in [1.82, 2.24) is 14.4 Å². The van der Waals surface area contributed by atoms with Crippen LogP contribution in [0.1, 0.15) is 67.0 Å². The Bertz CT molecular complexity index is 844. The van der Waals surface area contributed by atoms with Crippen molar-refractivity contribution in [3.63, 3.8) is 0 Å². The van der Waals surface area contributed by atoms with Crippen molar-refractivity contribution in [2.75, 3.05) is 19.6 Å². The Morgan fingerprint density at radius 1 is 0.966 bits per heavy atom. The number of carbonyl (C=O) groups excluding carboxylic acids is 1. The lowest BCUT2D eigenvalue weighted by Crippen LogP contribution is -2.63. The van der Waals surface area contributed by atoms with Gasteiger partial charge in [-0.3, -0.25) is 9.69 Å². The summed E-state index contributed by atoms with van der Waals surface area (Å²) >= 11 is 0. The standard InChI is InChI=1S/C25H33N3O/c1-26-16-8-11-22(26)24(29)27-17-12-21(13-18-27)28-19-25(14-6-3-7-15-25)23(28)20-9-4-2-5-10-20/h2,4-5,8-11,16,21,23H,3,6-7,12-15,17-19H2,1H3. The first kappa shape index (κ1) is 18.9. The van der Waals surface area contributed by atoms with Crippen LogP contribution in [0.2, 0.25) is 0 Å². The second kappa shape index (κ2) is 7.64. The number of amides is 1. The van der Waals surface area contributed by atoms with E-state index in [0.717, 1.165) is 31.6 Å². The molecular weight excluding hydrogens is 358 g/mol. The Kier molecular flexibility index (Phi) is 4.99. The Balaban J connectivity index is 1.29. The molecule has 1 aromatic carbocycles. The number of hydrogen-bond donors (Lipinski definition) is 0. The van der Waals surface area contributed by atoms with E-state index in [4.69, 9.17) is 0 Å². The van der Waals surface area contributed by atoms with Gasteiger partial charge in [0.15, 0.2) is 0 Å². The molecule has 1 spiro atoms. The van der Waals surface area contributed by atoms with Gasteiger partial charge >= 0.3 is 0 Å². The minimum Gasteiger partial charge on any atom is -0.347 e. The fourth-order valence-corrected chi connectivity index (χ4v) is 6.23. The summed E-state index contributed by atoms with van der Waals surface area (Å²) < 4.78 is 1.93. The molecule has 1 unspecified atom stereocenters. The van der Waals surface area contributed by atoms with Crippen LogP contribution in [-0.2, 0) is 7.05 Å². The van der Waals surface area contributed by atoms with Crippen molar-refractivity contribution in [2.24, 2.45) is 12.5 Å². The summed E-state index contributed by atoms with van der Waals surface area (Å²) in [6.07, 6.45) is 11.1. The van der Waals surface area contributed by atoms with Crippen molar-refractivity contribution in [2.45, 2.75) is 57.0 Å². The highest BCUT2D eigenvalue weighted by atomic mass is 16.2. The maximum Gasteiger partial charge on any atom is 0.270 e. The highest BCUT2D eigenvalue weighted by Gasteiger charge is 2.54. The Morgan fingerprint density at radius 2 is 1.69 bits per heavy atom. The van der Waals surface area contributed by atoms with E-state index in [1.165, 1.54) is 44.2 Å². The molecule has 3 fully saturated rings. The van der Waals surface area contributed by atoms with Crippen LogP contribution < -0.4 is 0 Å². The van der Waals surface area contributed by atoms with E-state index < -0.39 is 0 Å². The number of rotatable bonds is 3. The first-order valence-electron chi connectivity index (χ1n) is 11.4.